The second-order valence-electron chi connectivity index (χ2n) is 6.04. The summed E-state index contributed by atoms with van der Waals surface area (Å²) in [7, 11) is 1.97. The van der Waals surface area contributed by atoms with Crippen molar-refractivity contribution in [2.24, 2.45) is 7.05 Å². The summed E-state index contributed by atoms with van der Waals surface area (Å²) >= 11 is 0. The molecule has 0 saturated heterocycles. The Kier molecular flexibility index (Phi) is 3.80. The minimum atomic E-state index is 0.0617. The standard InChI is InChI=1S/C15H23N3O/c1-11(13-7-6-8-19-13)16-9-12-10-18(5)17-14(12)15(2,3)4/h6-8,10-11,16H,9H2,1-5H3/t11-/m0/s1. The van der Waals surface area contributed by atoms with Crippen LogP contribution in [0.4, 0.5) is 0 Å². The number of aryl methyl sites for hydroxylation is 1. The van der Waals surface area contributed by atoms with E-state index in [2.05, 4.69) is 44.3 Å². The fraction of sp³-hybridized carbons (Fsp3) is 0.533. The highest BCUT2D eigenvalue weighted by Gasteiger charge is 2.22. The van der Waals surface area contributed by atoms with E-state index in [9.17, 15) is 0 Å². The van der Waals surface area contributed by atoms with Crippen LogP contribution in [0.25, 0.3) is 0 Å². The zero-order valence-electron chi connectivity index (χ0n) is 12.4. The predicted octanol–water partition coefficient (Wildman–Crippen LogP) is 3.16. The van der Waals surface area contributed by atoms with Crippen LogP contribution in [0.15, 0.2) is 29.0 Å². The topological polar surface area (TPSA) is 43.0 Å². The van der Waals surface area contributed by atoms with Crippen LogP contribution in [-0.2, 0) is 19.0 Å². The molecule has 104 valence electrons. The van der Waals surface area contributed by atoms with Crippen LogP contribution in [0, 0.1) is 0 Å². The maximum absolute atomic E-state index is 5.40. The fourth-order valence-electron chi connectivity index (χ4n) is 2.20. The Morgan fingerprint density at radius 1 is 1.42 bits per heavy atom. The summed E-state index contributed by atoms with van der Waals surface area (Å²) in [5, 5.41) is 8.06. The molecule has 2 heterocycles. The Balaban J connectivity index is 2.08. The van der Waals surface area contributed by atoms with Gasteiger partial charge in [0.05, 0.1) is 18.0 Å². The molecule has 0 aliphatic carbocycles. The largest absolute Gasteiger partial charge is 0.468 e. The second kappa shape index (κ2) is 5.21. The average Bonchev–Trinajstić information content (AvgIpc) is 2.93. The minimum Gasteiger partial charge on any atom is -0.468 e. The Hall–Kier alpha value is -1.55. The number of hydrogen-bond donors (Lipinski definition) is 1. The summed E-state index contributed by atoms with van der Waals surface area (Å²) in [6.45, 7) is 9.46. The first-order chi connectivity index (χ1) is 8.88. The van der Waals surface area contributed by atoms with Gasteiger partial charge in [-0.3, -0.25) is 4.68 Å². The molecule has 19 heavy (non-hydrogen) atoms. The van der Waals surface area contributed by atoms with Gasteiger partial charge in [0.15, 0.2) is 0 Å². The molecule has 0 aromatic carbocycles. The maximum atomic E-state index is 5.40. The molecule has 0 aliphatic rings. The summed E-state index contributed by atoms with van der Waals surface area (Å²) in [4.78, 5) is 0. The van der Waals surface area contributed by atoms with Gasteiger partial charge in [0, 0.05) is 30.8 Å². The van der Waals surface area contributed by atoms with E-state index in [0.29, 0.717) is 0 Å². The third kappa shape index (κ3) is 3.26. The van der Waals surface area contributed by atoms with E-state index in [1.165, 1.54) is 5.56 Å². The van der Waals surface area contributed by atoms with Crippen LogP contribution >= 0.6 is 0 Å². The Morgan fingerprint density at radius 3 is 2.74 bits per heavy atom. The quantitative estimate of drug-likeness (QED) is 0.919. The third-order valence-electron chi connectivity index (χ3n) is 3.18. The first-order valence-electron chi connectivity index (χ1n) is 6.67. The van der Waals surface area contributed by atoms with E-state index in [1.54, 1.807) is 6.26 Å². The zero-order valence-corrected chi connectivity index (χ0v) is 12.4. The van der Waals surface area contributed by atoms with Crippen LogP contribution in [0.5, 0.6) is 0 Å². The van der Waals surface area contributed by atoms with Crippen molar-refractivity contribution < 1.29 is 4.42 Å². The lowest BCUT2D eigenvalue weighted by atomic mass is 9.89. The summed E-state index contributed by atoms with van der Waals surface area (Å²) in [6, 6.07) is 4.10. The van der Waals surface area contributed by atoms with Gasteiger partial charge < -0.3 is 9.73 Å². The Bertz CT molecular complexity index is 520. The van der Waals surface area contributed by atoms with E-state index in [4.69, 9.17) is 4.42 Å². The first kappa shape index (κ1) is 13.9. The van der Waals surface area contributed by atoms with Gasteiger partial charge in [-0.1, -0.05) is 20.8 Å². The van der Waals surface area contributed by atoms with Gasteiger partial charge >= 0.3 is 0 Å². The van der Waals surface area contributed by atoms with Crippen molar-refractivity contribution in [2.45, 2.75) is 45.7 Å². The van der Waals surface area contributed by atoms with Crippen molar-refractivity contribution in [3.63, 3.8) is 0 Å². The van der Waals surface area contributed by atoms with E-state index in [-0.39, 0.29) is 11.5 Å². The van der Waals surface area contributed by atoms with Crippen molar-refractivity contribution >= 4 is 0 Å². The van der Waals surface area contributed by atoms with Gasteiger partial charge in [0.25, 0.3) is 0 Å². The predicted molar refractivity (Wildman–Crippen MR) is 75.9 cm³/mol. The summed E-state index contributed by atoms with van der Waals surface area (Å²) in [6.07, 6.45) is 3.79. The summed E-state index contributed by atoms with van der Waals surface area (Å²) < 4.78 is 7.29. The molecule has 0 amide bonds. The molecule has 4 heteroatoms. The normalized spacial score (nSPS) is 13.7. The summed E-state index contributed by atoms with van der Waals surface area (Å²) in [5.74, 6) is 0.959. The smallest absolute Gasteiger partial charge is 0.120 e. The molecule has 0 saturated carbocycles. The maximum Gasteiger partial charge on any atom is 0.120 e. The SMILES string of the molecule is C[C@H](NCc1cn(C)nc1C(C)(C)C)c1ccco1. The molecule has 4 nitrogen and oxygen atoms in total. The molecule has 0 radical (unpaired) electrons. The van der Waals surface area contributed by atoms with Gasteiger partial charge in [-0.2, -0.15) is 5.10 Å². The molecule has 2 aromatic rings. The van der Waals surface area contributed by atoms with E-state index in [1.807, 2.05) is 23.9 Å². The van der Waals surface area contributed by atoms with Crippen molar-refractivity contribution in [3.05, 3.63) is 41.6 Å². The van der Waals surface area contributed by atoms with Crippen molar-refractivity contribution in [2.75, 3.05) is 0 Å². The number of nitrogens with one attached hydrogen (secondary N) is 1. The lowest BCUT2D eigenvalue weighted by molar-refractivity contribution is 0.428. The van der Waals surface area contributed by atoms with E-state index in [0.717, 1.165) is 18.0 Å². The number of nitrogens with zero attached hydrogens (tertiary/aromatic N) is 2. The highest BCUT2D eigenvalue weighted by molar-refractivity contribution is 5.24. The zero-order chi connectivity index (χ0) is 14.0. The number of hydrogen-bond acceptors (Lipinski definition) is 3. The van der Waals surface area contributed by atoms with Gasteiger partial charge in [0.2, 0.25) is 0 Å². The van der Waals surface area contributed by atoms with Crippen LogP contribution in [0.1, 0.15) is 50.8 Å². The molecule has 1 N–H and O–H groups in total. The molecular formula is C15H23N3O. The average molecular weight is 261 g/mol. The van der Waals surface area contributed by atoms with Crippen LogP contribution in [0.3, 0.4) is 0 Å². The molecule has 0 spiro atoms. The molecule has 2 rings (SSSR count). The lowest BCUT2D eigenvalue weighted by Crippen LogP contribution is -2.21. The number of furan rings is 1. The van der Waals surface area contributed by atoms with Crippen LogP contribution in [-0.4, -0.2) is 9.78 Å². The van der Waals surface area contributed by atoms with Crippen molar-refractivity contribution in [1.29, 1.82) is 0 Å². The van der Waals surface area contributed by atoms with Gasteiger partial charge in [0.1, 0.15) is 5.76 Å². The molecule has 2 aromatic heterocycles. The molecule has 0 bridgehead atoms. The highest BCUT2D eigenvalue weighted by Crippen LogP contribution is 2.24. The van der Waals surface area contributed by atoms with Gasteiger partial charge in [-0.15, -0.1) is 0 Å². The monoisotopic (exact) mass is 261 g/mol. The minimum absolute atomic E-state index is 0.0617. The molecule has 1 atom stereocenters. The number of rotatable bonds is 4. The summed E-state index contributed by atoms with van der Waals surface area (Å²) in [5.41, 5.74) is 2.45. The van der Waals surface area contributed by atoms with Gasteiger partial charge in [-0.05, 0) is 19.1 Å². The van der Waals surface area contributed by atoms with E-state index >= 15 is 0 Å². The number of aromatic nitrogens is 2. The molecule has 0 unspecified atom stereocenters. The Labute approximate surface area is 114 Å². The van der Waals surface area contributed by atoms with E-state index < -0.39 is 0 Å². The third-order valence-corrected chi connectivity index (χ3v) is 3.18. The molecular weight excluding hydrogens is 238 g/mol. The second-order valence-corrected chi connectivity index (χ2v) is 6.04. The lowest BCUT2D eigenvalue weighted by Gasteiger charge is -2.18. The fourth-order valence-corrected chi connectivity index (χ4v) is 2.20. The van der Waals surface area contributed by atoms with Crippen molar-refractivity contribution in [1.82, 2.24) is 15.1 Å². The molecule has 0 fully saturated rings. The Morgan fingerprint density at radius 2 is 2.16 bits per heavy atom. The van der Waals surface area contributed by atoms with Gasteiger partial charge in [-0.25, -0.2) is 0 Å². The molecule has 0 aliphatic heterocycles. The highest BCUT2D eigenvalue weighted by atomic mass is 16.3. The first-order valence-corrected chi connectivity index (χ1v) is 6.67. The van der Waals surface area contributed by atoms with Crippen LogP contribution < -0.4 is 5.32 Å². The van der Waals surface area contributed by atoms with Crippen molar-refractivity contribution in [3.8, 4) is 0 Å². The van der Waals surface area contributed by atoms with Crippen LogP contribution in [0.2, 0.25) is 0 Å².